The fraction of sp³-hybridized carbons (Fsp3) is 0.794. The molecule has 1 aromatic heterocycles. The van der Waals surface area contributed by atoms with Gasteiger partial charge in [0.15, 0.2) is 8.32 Å². The summed E-state index contributed by atoms with van der Waals surface area (Å²) in [6, 6.07) is 1.78. The summed E-state index contributed by atoms with van der Waals surface area (Å²) in [6.45, 7) is 19.2. The third kappa shape index (κ3) is 8.55. The van der Waals surface area contributed by atoms with Crippen LogP contribution < -0.4 is 5.32 Å². The smallest absolute Gasteiger partial charge is 0.407 e. The van der Waals surface area contributed by atoms with Crippen LogP contribution in [0, 0.1) is 28.6 Å². The summed E-state index contributed by atoms with van der Waals surface area (Å²) in [7, 11) is -2.01. The summed E-state index contributed by atoms with van der Waals surface area (Å²) in [5, 5.41) is 13.6. The van der Waals surface area contributed by atoms with E-state index in [1.54, 1.807) is 12.3 Å². The molecular weight excluding hydrogens is 578 g/mol. The Hall–Kier alpha value is -1.64. The molecule has 43 heavy (non-hydrogen) atoms. The number of amides is 2. The van der Waals surface area contributed by atoms with Gasteiger partial charge in [-0.2, -0.15) is 0 Å². The second-order valence-corrected chi connectivity index (χ2v) is 21.8. The molecule has 0 spiro atoms. The first-order valence-electron chi connectivity index (χ1n) is 16.5. The Morgan fingerprint density at radius 2 is 1.67 bits per heavy atom. The van der Waals surface area contributed by atoms with Crippen molar-refractivity contribution >= 4 is 31.9 Å². The summed E-state index contributed by atoms with van der Waals surface area (Å²) < 4.78 is 6.76. The second-order valence-electron chi connectivity index (χ2n) is 16.7. The van der Waals surface area contributed by atoms with Gasteiger partial charge in [0, 0.05) is 31.5 Å². The number of halogens is 1. The van der Waals surface area contributed by atoms with Crippen LogP contribution in [0.2, 0.25) is 23.2 Å². The third-order valence-corrected chi connectivity index (χ3v) is 15.7. The Labute approximate surface area is 266 Å². The highest BCUT2D eigenvalue weighted by Gasteiger charge is 2.50. The van der Waals surface area contributed by atoms with Crippen LogP contribution in [0.3, 0.4) is 0 Å². The number of hydrogen-bond acceptors (Lipinski definition) is 4. The van der Waals surface area contributed by atoms with Crippen LogP contribution >= 0.6 is 11.6 Å². The molecular formula is C34H56ClN3O4Si. The van der Waals surface area contributed by atoms with E-state index < -0.39 is 14.4 Å². The first kappa shape index (κ1) is 34.2. The quantitative estimate of drug-likeness (QED) is 0.225. The van der Waals surface area contributed by atoms with Crippen molar-refractivity contribution in [2.45, 2.75) is 124 Å². The van der Waals surface area contributed by atoms with Crippen LogP contribution in [0.1, 0.15) is 109 Å². The minimum Gasteiger partial charge on any atom is -0.465 e. The van der Waals surface area contributed by atoms with Crippen LogP contribution in [-0.2, 0) is 10.8 Å². The molecule has 5 rings (SSSR count). The molecule has 1 aromatic rings. The van der Waals surface area contributed by atoms with E-state index in [-0.39, 0.29) is 27.9 Å². The zero-order chi connectivity index (χ0) is 31.8. The van der Waals surface area contributed by atoms with E-state index in [1.807, 2.05) is 0 Å². The predicted octanol–water partition coefficient (Wildman–Crippen LogP) is 8.42. The van der Waals surface area contributed by atoms with Crippen LogP contribution in [-0.4, -0.2) is 61.0 Å². The summed E-state index contributed by atoms with van der Waals surface area (Å²) in [5.74, 6) is 2.39. The Morgan fingerprint density at radius 3 is 2.19 bits per heavy atom. The van der Waals surface area contributed by atoms with E-state index in [4.69, 9.17) is 16.0 Å². The lowest BCUT2D eigenvalue weighted by atomic mass is 9.49. The zero-order valence-electron chi connectivity index (χ0n) is 27.9. The van der Waals surface area contributed by atoms with Crippen molar-refractivity contribution in [1.29, 1.82) is 0 Å². The second kappa shape index (κ2) is 13.0. The van der Waals surface area contributed by atoms with Gasteiger partial charge in [-0.05, 0) is 111 Å². The number of rotatable bonds is 12. The Morgan fingerprint density at radius 1 is 1.09 bits per heavy atom. The van der Waals surface area contributed by atoms with Crippen molar-refractivity contribution in [2.24, 2.45) is 28.6 Å². The summed E-state index contributed by atoms with van der Waals surface area (Å²) in [4.78, 5) is 31.3. The molecule has 2 amide bonds. The van der Waals surface area contributed by atoms with Crippen molar-refractivity contribution in [3.8, 4) is 0 Å². The van der Waals surface area contributed by atoms with Crippen LogP contribution in [0.25, 0.3) is 0 Å². The number of hydrogen-bond donors (Lipinski definition) is 2. The maximum absolute atomic E-state index is 13.3. The highest BCUT2D eigenvalue weighted by molar-refractivity contribution is 6.74. The molecule has 2 N–H and O–H groups in total. The topological polar surface area (TPSA) is 91.8 Å². The molecule has 1 unspecified atom stereocenters. The minimum absolute atomic E-state index is 0.0346. The normalized spacial score (nSPS) is 25.9. The van der Waals surface area contributed by atoms with E-state index in [0.29, 0.717) is 42.9 Å². The van der Waals surface area contributed by atoms with Crippen molar-refractivity contribution in [1.82, 2.24) is 15.2 Å². The summed E-state index contributed by atoms with van der Waals surface area (Å²) in [5.41, 5.74) is 1.37. The van der Waals surface area contributed by atoms with Crippen LogP contribution in [0.5, 0.6) is 0 Å². The predicted molar refractivity (Wildman–Crippen MR) is 176 cm³/mol. The van der Waals surface area contributed by atoms with Crippen molar-refractivity contribution in [3.05, 3.63) is 28.5 Å². The number of carbonyl (C=O) groups is 2. The number of carbonyl (C=O) groups excluding carboxylic acids is 1. The average Bonchev–Trinajstić information content (AvgIpc) is 2.87. The highest BCUT2D eigenvalue weighted by atomic mass is 35.5. The Kier molecular flexibility index (Phi) is 10.3. The van der Waals surface area contributed by atoms with Crippen molar-refractivity contribution in [2.75, 3.05) is 19.6 Å². The van der Waals surface area contributed by atoms with Gasteiger partial charge in [-0.25, -0.2) is 4.79 Å². The Bertz CT molecular complexity index is 1120. The number of pyridine rings is 1. The van der Waals surface area contributed by atoms with Gasteiger partial charge in [0.05, 0.1) is 16.7 Å². The van der Waals surface area contributed by atoms with Crippen molar-refractivity contribution in [3.63, 3.8) is 0 Å². The summed E-state index contributed by atoms with van der Waals surface area (Å²) in [6.07, 6.45) is 10.3. The molecule has 0 aliphatic heterocycles. The molecule has 7 nitrogen and oxygen atoms in total. The summed E-state index contributed by atoms with van der Waals surface area (Å²) >= 11 is 6.43. The first-order valence-corrected chi connectivity index (χ1v) is 19.7. The van der Waals surface area contributed by atoms with E-state index in [1.165, 1.54) is 43.4 Å². The number of aromatic nitrogens is 1. The molecule has 242 valence electrons. The van der Waals surface area contributed by atoms with Crippen LogP contribution in [0.4, 0.5) is 4.79 Å². The zero-order valence-corrected chi connectivity index (χ0v) is 29.6. The Balaban J connectivity index is 1.30. The molecule has 4 bridgehead atoms. The third-order valence-electron chi connectivity index (χ3n) is 10.9. The largest absolute Gasteiger partial charge is 0.465 e. The SMILES string of the molecule is CC(C)(C)C(CCN(CCCc1cc(C(=O)NCC23CC4CC(CC(C4)C2)C3)c(Cl)cn1)C(=O)O)O[Si](C)(C)C(C)(C)C. The van der Waals surface area contributed by atoms with E-state index in [0.717, 1.165) is 30.0 Å². The standard InChI is InChI=1S/C34H56ClN3O4Si/c1-32(2,3)29(42-43(7,8)33(4,5)6)11-13-38(31(40)41)12-9-10-26-17-27(28(35)21-36-26)30(39)37-22-34-18-23-14-24(19-34)16-25(15-23)20-34/h17,21,23-25,29H,9-16,18-20,22H2,1-8H3,(H,37,39)(H,40,41). The molecule has 4 aliphatic carbocycles. The molecule has 9 heteroatoms. The molecule has 1 atom stereocenters. The van der Waals surface area contributed by atoms with Crippen molar-refractivity contribution < 1.29 is 19.1 Å². The maximum atomic E-state index is 13.3. The van der Waals surface area contributed by atoms with Crippen LogP contribution in [0.15, 0.2) is 12.3 Å². The monoisotopic (exact) mass is 633 g/mol. The van der Waals surface area contributed by atoms with E-state index in [2.05, 4.69) is 64.9 Å². The van der Waals surface area contributed by atoms with Gasteiger partial charge in [0.1, 0.15) is 0 Å². The molecule has 4 fully saturated rings. The van der Waals surface area contributed by atoms with Gasteiger partial charge >= 0.3 is 6.09 Å². The lowest BCUT2D eigenvalue weighted by Gasteiger charge is -2.56. The van der Waals surface area contributed by atoms with E-state index in [9.17, 15) is 14.7 Å². The lowest BCUT2D eigenvalue weighted by molar-refractivity contribution is -0.0503. The molecule has 1 heterocycles. The van der Waals surface area contributed by atoms with Gasteiger partial charge in [0.25, 0.3) is 5.91 Å². The number of nitrogens with one attached hydrogen (secondary N) is 1. The minimum atomic E-state index is -2.01. The molecule has 0 saturated heterocycles. The maximum Gasteiger partial charge on any atom is 0.407 e. The van der Waals surface area contributed by atoms with Gasteiger partial charge in [-0.1, -0.05) is 53.1 Å². The van der Waals surface area contributed by atoms with Gasteiger partial charge in [-0.15, -0.1) is 0 Å². The fourth-order valence-electron chi connectivity index (χ4n) is 7.89. The van der Waals surface area contributed by atoms with Gasteiger partial charge in [0.2, 0.25) is 0 Å². The first-order chi connectivity index (χ1) is 19.9. The highest BCUT2D eigenvalue weighted by Crippen LogP contribution is 2.59. The average molecular weight is 634 g/mol. The fourth-order valence-corrected chi connectivity index (χ4v) is 9.62. The number of aryl methyl sites for hydroxylation is 1. The number of nitrogens with zero attached hydrogens (tertiary/aromatic N) is 2. The number of carboxylic acid groups (broad SMARTS) is 1. The lowest BCUT2D eigenvalue weighted by Crippen LogP contribution is -2.51. The van der Waals surface area contributed by atoms with Gasteiger partial charge < -0.3 is 19.7 Å². The van der Waals surface area contributed by atoms with E-state index >= 15 is 0 Å². The molecule has 4 aliphatic rings. The molecule has 4 saturated carbocycles. The van der Waals surface area contributed by atoms with Gasteiger partial charge in [-0.3, -0.25) is 9.78 Å². The molecule has 0 radical (unpaired) electrons. The molecule has 0 aromatic carbocycles.